The van der Waals surface area contributed by atoms with E-state index in [1.807, 2.05) is 24.8 Å². The van der Waals surface area contributed by atoms with Crippen molar-refractivity contribution in [2.45, 2.75) is 26.6 Å². The Hall–Kier alpha value is -4.49. The Kier molecular flexibility index (Phi) is 9.43. The van der Waals surface area contributed by atoms with Crippen LogP contribution in [0.4, 0.5) is 36.2 Å². The number of carbonyl (C=O) groups excluding carboxylic acids is 1. The van der Waals surface area contributed by atoms with Crippen LogP contribution in [0.1, 0.15) is 32.7 Å². The molecule has 1 amide bonds. The second-order valence-electron chi connectivity index (χ2n) is 9.85. The van der Waals surface area contributed by atoms with Gasteiger partial charge in [-0.3, -0.25) is 9.69 Å². The molecule has 0 aliphatic carbocycles. The van der Waals surface area contributed by atoms with Gasteiger partial charge in [0.15, 0.2) is 5.82 Å². The Morgan fingerprint density at radius 1 is 1.07 bits per heavy atom. The molecule has 4 aromatic rings. The van der Waals surface area contributed by atoms with E-state index in [1.54, 1.807) is 50.2 Å². The number of ether oxygens (including phenoxy) is 1. The number of aromatic nitrogens is 4. The van der Waals surface area contributed by atoms with Crippen LogP contribution in [-0.4, -0.2) is 64.9 Å². The van der Waals surface area contributed by atoms with E-state index in [2.05, 4.69) is 31.0 Å². The van der Waals surface area contributed by atoms with Crippen molar-refractivity contribution in [3.8, 4) is 5.82 Å². The lowest BCUT2D eigenvalue weighted by Gasteiger charge is -2.18. The van der Waals surface area contributed by atoms with Gasteiger partial charge in [0.2, 0.25) is 0 Å². The second kappa shape index (κ2) is 13.0. The number of aryl methyl sites for hydroxylation is 2. The highest BCUT2D eigenvalue weighted by molar-refractivity contribution is 6.04. The van der Waals surface area contributed by atoms with Gasteiger partial charge >= 0.3 is 6.18 Å². The molecule has 42 heavy (non-hydrogen) atoms. The van der Waals surface area contributed by atoms with Crippen LogP contribution in [0.25, 0.3) is 5.82 Å². The quantitative estimate of drug-likeness (QED) is 0.215. The summed E-state index contributed by atoms with van der Waals surface area (Å²) in [5.74, 6) is 1.14. The number of benzene rings is 2. The van der Waals surface area contributed by atoms with Crippen molar-refractivity contribution in [2.24, 2.45) is 0 Å². The van der Waals surface area contributed by atoms with E-state index in [0.717, 1.165) is 23.4 Å². The minimum Gasteiger partial charge on any atom is -0.383 e. The van der Waals surface area contributed by atoms with Gasteiger partial charge in [-0.1, -0.05) is 6.07 Å². The minimum absolute atomic E-state index is 0.0900. The first kappa shape index (κ1) is 30.5. The third-order valence-corrected chi connectivity index (χ3v) is 6.43. The minimum atomic E-state index is -4.60. The van der Waals surface area contributed by atoms with Crippen LogP contribution in [0.3, 0.4) is 0 Å². The molecule has 2 aromatic carbocycles. The first-order valence-corrected chi connectivity index (χ1v) is 13.1. The normalized spacial score (nSPS) is 11.5. The average Bonchev–Trinajstić information content (AvgIpc) is 3.32. The number of methoxy groups -OCH3 is 1. The van der Waals surface area contributed by atoms with Crippen molar-refractivity contribution in [2.75, 3.05) is 50.3 Å². The number of hydrogen-bond acceptors (Lipinski definition) is 8. The van der Waals surface area contributed by atoms with Gasteiger partial charge in [0, 0.05) is 56.3 Å². The summed E-state index contributed by atoms with van der Waals surface area (Å²) in [5, 5.41) is 13.6. The van der Waals surface area contributed by atoms with Crippen molar-refractivity contribution in [1.82, 2.24) is 24.6 Å². The molecular weight excluding hydrogens is 549 g/mol. The predicted molar refractivity (Wildman–Crippen MR) is 156 cm³/mol. The molecule has 3 N–H and O–H groups in total. The molecule has 0 aliphatic heterocycles. The monoisotopic (exact) mass is 582 g/mol. The summed E-state index contributed by atoms with van der Waals surface area (Å²) in [6, 6.07) is 12.2. The SMILES string of the molecule is CNc1cc(-n2nc(C)cc2Nc2cc(NC(=O)c3cc(CN(C)CCOC)cc(C(F)(F)F)c3)ccc2C)ncn1. The van der Waals surface area contributed by atoms with Gasteiger partial charge in [-0.25, -0.2) is 9.97 Å². The molecule has 0 spiro atoms. The molecule has 10 nitrogen and oxygen atoms in total. The molecule has 2 heterocycles. The number of likely N-dealkylation sites (N-methyl/N-ethyl adjacent to an activating group) is 1. The molecule has 2 aromatic heterocycles. The molecule has 0 fully saturated rings. The summed E-state index contributed by atoms with van der Waals surface area (Å²) >= 11 is 0. The van der Waals surface area contributed by atoms with Crippen LogP contribution < -0.4 is 16.0 Å². The largest absolute Gasteiger partial charge is 0.416 e. The molecule has 222 valence electrons. The maximum Gasteiger partial charge on any atom is 0.416 e. The fourth-order valence-electron chi connectivity index (χ4n) is 4.25. The van der Waals surface area contributed by atoms with Gasteiger partial charge in [0.1, 0.15) is 18.0 Å². The van der Waals surface area contributed by atoms with E-state index >= 15 is 0 Å². The summed E-state index contributed by atoms with van der Waals surface area (Å²) in [5.41, 5.74) is 2.09. The number of nitrogens with one attached hydrogen (secondary N) is 3. The van der Waals surface area contributed by atoms with E-state index < -0.39 is 17.6 Å². The lowest BCUT2D eigenvalue weighted by atomic mass is 10.0. The highest BCUT2D eigenvalue weighted by Crippen LogP contribution is 2.32. The Balaban J connectivity index is 1.59. The highest BCUT2D eigenvalue weighted by Gasteiger charge is 2.32. The van der Waals surface area contributed by atoms with Gasteiger partial charge in [-0.2, -0.15) is 23.0 Å². The Morgan fingerprint density at radius 2 is 1.86 bits per heavy atom. The molecule has 0 unspecified atom stereocenters. The van der Waals surface area contributed by atoms with Gasteiger partial charge in [-0.05, 0) is 62.4 Å². The van der Waals surface area contributed by atoms with Gasteiger partial charge < -0.3 is 20.7 Å². The van der Waals surface area contributed by atoms with Crippen molar-refractivity contribution < 1.29 is 22.7 Å². The molecule has 0 aliphatic rings. The van der Waals surface area contributed by atoms with Crippen molar-refractivity contribution in [3.05, 3.63) is 82.8 Å². The standard InChI is InChI=1S/C29H33F3N8O2/c1-18-6-7-23(14-24(18)37-27-10-19(2)38-40(27)26-15-25(33-3)34-17-35-26)36-28(41)21-11-20(16-39(4)8-9-42-5)12-22(13-21)29(30,31)32/h6-7,10-15,17,37H,8-9,16H2,1-5H3,(H,36,41)(H,33,34,35). The van der Waals surface area contributed by atoms with E-state index in [9.17, 15) is 18.0 Å². The first-order valence-electron chi connectivity index (χ1n) is 13.1. The summed E-state index contributed by atoms with van der Waals surface area (Å²) in [7, 11) is 5.09. The van der Waals surface area contributed by atoms with Crippen LogP contribution in [-0.2, 0) is 17.5 Å². The summed E-state index contributed by atoms with van der Waals surface area (Å²) in [4.78, 5) is 23.5. The number of nitrogens with zero attached hydrogens (tertiary/aromatic N) is 5. The summed E-state index contributed by atoms with van der Waals surface area (Å²) < 4.78 is 47.8. The molecule has 0 saturated heterocycles. The lowest BCUT2D eigenvalue weighted by molar-refractivity contribution is -0.137. The van der Waals surface area contributed by atoms with Gasteiger partial charge in [-0.15, -0.1) is 0 Å². The molecule has 4 rings (SSSR count). The van der Waals surface area contributed by atoms with Crippen LogP contribution >= 0.6 is 0 Å². The van der Waals surface area contributed by atoms with Crippen molar-refractivity contribution >= 4 is 28.9 Å². The second-order valence-corrected chi connectivity index (χ2v) is 9.85. The first-order chi connectivity index (χ1) is 20.0. The average molecular weight is 583 g/mol. The Labute approximate surface area is 241 Å². The number of halogens is 3. The van der Waals surface area contributed by atoms with E-state index in [1.165, 1.54) is 12.4 Å². The zero-order valence-corrected chi connectivity index (χ0v) is 24.0. The van der Waals surface area contributed by atoms with E-state index in [0.29, 0.717) is 47.5 Å². The zero-order valence-electron chi connectivity index (χ0n) is 24.0. The van der Waals surface area contributed by atoms with Crippen molar-refractivity contribution in [1.29, 1.82) is 0 Å². The number of hydrogen-bond donors (Lipinski definition) is 3. The molecule has 0 radical (unpaired) electrons. The van der Waals surface area contributed by atoms with Gasteiger partial charge in [0.05, 0.1) is 17.9 Å². The molecule has 0 bridgehead atoms. The summed E-state index contributed by atoms with van der Waals surface area (Å²) in [6.07, 6.45) is -3.17. The molecule has 0 saturated carbocycles. The van der Waals surface area contributed by atoms with Crippen LogP contribution in [0.2, 0.25) is 0 Å². The topological polar surface area (TPSA) is 109 Å². The number of amides is 1. The van der Waals surface area contributed by atoms with E-state index in [4.69, 9.17) is 4.74 Å². The third-order valence-electron chi connectivity index (χ3n) is 6.43. The number of anilines is 4. The zero-order chi connectivity index (χ0) is 30.4. The maximum atomic E-state index is 13.7. The van der Waals surface area contributed by atoms with Crippen LogP contribution in [0.5, 0.6) is 0 Å². The molecule has 13 heteroatoms. The molecular formula is C29H33F3N8O2. The van der Waals surface area contributed by atoms with Crippen LogP contribution in [0, 0.1) is 13.8 Å². The van der Waals surface area contributed by atoms with Crippen LogP contribution in [0.15, 0.2) is 54.9 Å². The number of alkyl halides is 3. The number of rotatable bonds is 11. The Morgan fingerprint density at radius 3 is 2.57 bits per heavy atom. The fraction of sp³-hybridized carbons (Fsp3) is 0.310. The fourth-order valence-corrected chi connectivity index (χ4v) is 4.25. The predicted octanol–water partition coefficient (Wildman–Crippen LogP) is 5.41. The van der Waals surface area contributed by atoms with E-state index in [-0.39, 0.29) is 12.1 Å². The maximum absolute atomic E-state index is 13.7. The van der Waals surface area contributed by atoms with Gasteiger partial charge in [0.25, 0.3) is 5.91 Å². The molecule has 0 atom stereocenters. The Bertz CT molecular complexity index is 1550. The number of carbonyl (C=O) groups is 1. The third kappa shape index (κ3) is 7.62. The van der Waals surface area contributed by atoms with Crippen molar-refractivity contribution in [3.63, 3.8) is 0 Å². The smallest absolute Gasteiger partial charge is 0.383 e. The highest BCUT2D eigenvalue weighted by atomic mass is 19.4. The lowest BCUT2D eigenvalue weighted by Crippen LogP contribution is -2.23. The summed E-state index contributed by atoms with van der Waals surface area (Å²) in [6.45, 7) is 4.93.